The number of nitrogens with one attached hydrogen (secondary N) is 1. The number of benzene rings is 2. The zero-order valence-corrected chi connectivity index (χ0v) is 35.6. The highest BCUT2D eigenvalue weighted by Gasteiger charge is 2.58. The molecule has 1 aliphatic carbocycles. The third-order valence-electron chi connectivity index (χ3n) is 9.67. The first-order chi connectivity index (χ1) is 28.3. The van der Waals surface area contributed by atoms with Gasteiger partial charge in [-0.05, 0) is 71.4 Å². The molecule has 1 aliphatic rings. The topological polar surface area (TPSA) is 198 Å². The Labute approximate surface area is 350 Å². The van der Waals surface area contributed by atoms with Gasteiger partial charge in [0.15, 0.2) is 11.2 Å². The van der Waals surface area contributed by atoms with E-state index < -0.39 is 93.0 Å². The summed E-state index contributed by atoms with van der Waals surface area (Å²) in [6.07, 6.45) is -1.54. The molecule has 1 saturated carbocycles. The second-order valence-corrected chi connectivity index (χ2v) is 18.4. The largest absolute Gasteiger partial charge is 0.523 e. The molecule has 2 heterocycles. The Kier molecular flexibility index (Phi) is 13.0. The van der Waals surface area contributed by atoms with Crippen LogP contribution in [0, 0.1) is 22.2 Å². The van der Waals surface area contributed by atoms with Crippen LogP contribution in [0.2, 0.25) is 0 Å². The van der Waals surface area contributed by atoms with Crippen molar-refractivity contribution in [1.82, 2.24) is 19.5 Å². The van der Waals surface area contributed by atoms with Gasteiger partial charge in [-0.3, -0.25) is 23.9 Å². The van der Waals surface area contributed by atoms with E-state index in [4.69, 9.17) is 14.2 Å². The molecule has 2 aromatic carbocycles. The van der Waals surface area contributed by atoms with E-state index in [0.29, 0.717) is 11.4 Å². The highest BCUT2D eigenvalue weighted by atomic mass is 32.2. The van der Waals surface area contributed by atoms with Crippen molar-refractivity contribution in [3.8, 4) is 5.88 Å². The van der Waals surface area contributed by atoms with Gasteiger partial charge < -0.3 is 18.8 Å². The molecule has 0 radical (unpaired) electrons. The van der Waals surface area contributed by atoms with Gasteiger partial charge in [-0.15, -0.1) is 0 Å². The normalized spacial score (nSPS) is 18.5. The molecule has 61 heavy (non-hydrogen) atoms. The molecule has 0 spiro atoms. The lowest BCUT2D eigenvalue weighted by Crippen LogP contribution is -2.46. The Morgan fingerprint density at radius 3 is 1.97 bits per heavy atom. The average Bonchev–Trinajstić information content (AvgIpc) is 3.70. The van der Waals surface area contributed by atoms with Crippen molar-refractivity contribution in [2.75, 3.05) is 23.4 Å². The van der Waals surface area contributed by atoms with Gasteiger partial charge in [0.25, 0.3) is 5.88 Å². The van der Waals surface area contributed by atoms with Crippen LogP contribution in [-0.4, -0.2) is 76.7 Å². The van der Waals surface area contributed by atoms with Gasteiger partial charge in [0, 0.05) is 12.3 Å². The van der Waals surface area contributed by atoms with Gasteiger partial charge in [-0.25, -0.2) is 14.7 Å². The van der Waals surface area contributed by atoms with E-state index >= 15 is 0 Å². The minimum absolute atomic E-state index is 0.0955. The van der Waals surface area contributed by atoms with Crippen LogP contribution in [0.1, 0.15) is 67.9 Å². The maximum Gasteiger partial charge on any atom is 0.523 e. The Balaban J connectivity index is 1.67. The molecule has 4 aromatic rings. The molecular formula is C41H47F3N6O10S. The van der Waals surface area contributed by atoms with E-state index in [1.54, 1.807) is 74.5 Å². The van der Waals surface area contributed by atoms with E-state index in [9.17, 15) is 40.8 Å². The molecule has 3 atom stereocenters. The predicted molar refractivity (Wildman–Crippen MR) is 216 cm³/mol. The standard InChI is InChI=1S/C41H47F3N6O10S/c1-24(2)32(51)47-36-46-31-30(33(48-36)60-37(54)50(26-16-12-10-13-17-26)27-18-14-11-15-19-27)45-23-49(31)28-20-29(59-35(53)39(7,8)9)40(25(28)3,21-57-34(52)38(4,5)6)22-58-61(55,56)41(42,43)44/h10-19,23-24,28-29H,3,20-22H2,1-2,4-9H3,(H,46,47,48,51)/t28-,29-,40+/m0/s1. The summed E-state index contributed by atoms with van der Waals surface area (Å²) < 4.78 is 89.2. The van der Waals surface area contributed by atoms with Crippen LogP contribution in [-0.2, 0) is 38.2 Å². The van der Waals surface area contributed by atoms with E-state index in [1.165, 1.54) is 57.3 Å². The summed E-state index contributed by atoms with van der Waals surface area (Å²) in [4.78, 5) is 68.2. The number of carbonyl (C=O) groups excluding carboxylic acids is 4. The molecule has 0 unspecified atom stereocenters. The number of rotatable bonds is 12. The first kappa shape index (κ1) is 46.2. The maximum absolute atomic E-state index is 14.1. The van der Waals surface area contributed by atoms with Crippen molar-refractivity contribution >= 4 is 62.5 Å². The number of carbonyl (C=O) groups is 4. The second kappa shape index (κ2) is 17.2. The van der Waals surface area contributed by atoms with Crippen LogP contribution in [0.25, 0.3) is 11.2 Å². The van der Waals surface area contributed by atoms with E-state index in [0.717, 1.165) is 0 Å². The van der Waals surface area contributed by atoms with Gasteiger partial charge in [0.05, 0.1) is 46.6 Å². The quantitative estimate of drug-likeness (QED) is 0.0631. The molecule has 16 nitrogen and oxygen atoms in total. The average molecular weight is 873 g/mol. The van der Waals surface area contributed by atoms with Crippen LogP contribution in [0.5, 0.6) is 5.88 Å². The molecule has 0 bridgehead atoms. The number of esters is 2. The number of para-hydroxylation sites is 2. The first-order valence-corrected chi connectivity index (χ1v) is 20.4. The SMILES string of the molecule is C=C1[C@@H](n2cnc3c(OC(=O)N(c4ccccc4)c4ccccc4)nc(NC(=O)C(C)C)nc32)C[C@H](OC(=O)C(C)(C)C)[C@]1(COC(=O)C(C)(C)C)COS(=O)(=O)C(F)(F)F. The molecule has 0 aliphatic heterocycles. The van der Waals surface area contributed by atoms with Crippen molar-refractivity contribution in [3.05, 3.63) is 79.1 Å². The highest BCUT2D eigenvalue weighted by Crippen LogP contribution is 2.52. The van der Waals surface area contributed by atoms with Gasteiger partial charge in [-0.1, -0.05) is 56.8 Å². The molecule has 5 rings (SSSR count). The zero-order chi connectivity index (χ0) is 45.3. The summed E-state index contributed by atoms with van der Waals surface area (Å²) in [5.74, 6) is -3.46. The number of aromatic nitrogens is 4. The lowest BCUT2D eigenvalue weighted by molar-refractivity contribution is -0.171. The lowest BCUT2D eigenvalue weighted by atomic mass is 9.81. The number of ether oxygens (including phenoxy) is 3. The fourth-order valence-electron chi connectivity index (χ4n) is 6.07. The molecule has 2 aromatic heterocycles. The monoisotopic (exact) mass is 872 g/mol. The highest BCUT2D eigenvalue weighted by molar-refractivity contribution is 7.87. The Morgan fingerprint density at radius 2 is 1.46 bits per heavy atom. The number of hydrogen-bond acceptors (Lipinski definition) is 13. The first-order valence-electron chi connectivity index (χ1n) is 19.0. The number of amides is 2. The molecule has 20 heteroatoms. The summed E-state index contributed by atoms with van der Waals surface area (Å²) in [5.41, 5.74) is -9.72. The third-order valence-corrected chi connectivity index (χ3v) is 10.7. The molecule has 1 fully saturated rings. The Hall–Kier alpha value is -5.89. The van der Waals surface area contributed by atoms with Crippen molar-refractivity contribution in [3.63, 3.8) is 0 Å². The number of imidazole rings is 1. The fraction of sp³-hybridized carbons (Fsp3) is 0.439. The summed E-state index contributed by atoms with van der Waals surface area (Å²) in [6.45, 7) is 14.3. The molecule has 1 N–H and O–H groups in total. The van der Waals surface area contributed by atoms with E-state index in [1.807, 2.05) is 0 Å². The van der Waals surface area contributed by atoms with Crippen LogP contribution >= 0.6 is 0 Å². The van der Waals surface area contributed by atoms with Crippen LogP contribution in [0.3, 0.4) is 0 Å². The van der Waals surface area contributed by atoms with Crippen molar-refractivity contribution in [2.24, 2.45) is 22.2 Å². The number of alkyl halides is 3. The zero-order valence-electron chi connectivity index (χ0n) is 34.8. The molecular weight excluding hydrogens is 826 g/mol. The second-order valence-electron chi connectivity index (χ2n) is 16.8. The minimum Gasteiger partial charge on any atom is -0.464 e. The van der Waals surface area contributed by atoms with Crippen molar-refractivity contribution < 1.29 is 59.2 Å². The minimum atomic E-state index is -6.24. The maximum atomic E-state index is 14.1. The van der Waals surface area contributed by atoms with Crippen molar-refractivity contribution in [1.29, 1.82) is 0 Å². The lowest BCUT2D eigenvalue weighted by Gasteiger charge is -2.36. The number of halogens is 3. The Bertz CT molecular complexity index is 2370. The number of fused-ring (bicyclic) bond motifs is 1. The van der Waals surface area contributed by atoms with Crippen LogP contribution in [0.4, 0.5) is 35.3 Å². The smallest absolute Gasteiger partial charge is 0.464 e. The van der Waals surface area contributed by atoms with E-state index in [2.05, 4.69) is 31.0 Å². The van der Waals surface area contributed by atoms with Crippen LogP contribution in [0.15, 0.2) is 79.1 Å². The van der Waals surface area contributed by atoms with Gasteiger partial charge in [0.2, 0.25) is 11.9 Å². The molecule has 328 valence electrons. The molecule has 0 saturated heterocycles. The van der Waals surface area contributed by atoms with Crippen molar-refractivity contribution in [2.45, 2.75) is 79.5 Å². The van der Waals surface area contributed by atoms with E-state index in [-0.39, 0.29) is 29.1 Å². The number of nitrogens with zero attached hydrogens (tertiary/aromatic N) is 5. The number of anilines is 3. The van der Waals surface area contributed by atoms with Gasteiger partial charge >= 0.3 is 33.7 Å². The summed E-state index contributed by atoms with van der Waals surface area (Å²) in [7, 11) is -6.24. The van der Waals surface area contributed by atoms with Gasteiger partial charge in [0.1, 0.15) is 12.7 Å². The third kappa shape index (κ3) is 10.0. The summed E-state index contributed by atoms with van der Waals surface area (Å²) in [5, 5.41) is 2.57. The number of hydrogen-bond donors (Lipinski definition) is 1. The molecule has 2 amide bonds. The summed E-state index contributed by atoms with van der Waals surface area (Å²) >= 11 is 0. The summed E-state index contributed by atoms with van der Waals surface area (Å²) in [6, 6.07) is 16.0. The fourth-order valence-corrected chi connectivity index (χ4v) is 6.57. The predicted octanol–water partition coefficient (Wildman–Crippen LogP) is 7.66. The Morgan fingerprint density at radius 1 is 0.902 bits per heavy atom. The van der Waals surface area contributed by atoms with Gasteiger partial charge in [-0.2, -0.15) is 31.6 Å². The van der Waals surface area contributed by atoms with Crippen LogP contribution < -0.4 is 15.0 Å².